The molecule has 1 aromatic heterocycles. The van der Waals surface area contributed by atoms with Gasteiger partial charge in [0.1, 0.15) is 6.07 Å². The summed E-state index contributed by atoms with van der Waals surface area (Å²) in [5.74, 6) is -0.508. The van der Waals surface area contributed by atoms with Gasteiger partial charge in [-0.25, -0.2) is 0 Å². The molecular formula is C10H4ClN3O2. The molecule has 0 bridgehead atoms. The van der Waals surface area contributed by atoms with Crippen LogP contribution in [0.5, 0.6) is 0 Å². The number of pyridine rings is 1. The average molecular weight is 234 g/mol. The summed E-state index contributed by atoms with van der Waals surface area (Å²) in [7, 11) is 0. The van der Waals surface area contributed by atoms with Crippen LogP contribution < -0.4 is 0 Å². The number of fused-ring (bicyclic) bond motifs is 1. The summed E-state index contributed by atoms with van der Waals surface area (Å²) in [6, 6.07) is 8.39. The van der Waals surface area contributed by atoms with E-state index in [2.05, 4.69) is 4.98 Å². The van der Waals surface area contributed by atoms with Gasteiger partial charge in [-0.15, -0.1) is 0 Å². The second-order valence-corrected chi connectivity index (χ2v) is 3.39. The van der Waals surface area contributed by atoms with E-state index >= 15 is 0 Å². The molecule has 0 N–H and O–H groups in total. The minimum Gasteiger partial charge on any atom is -0.358 e. The Bertz CT molecular complexity index is 634. The first-order chi connectivity index (χ1) is 7.65. The smallest absolute Gasteiger partial charge is 0.358 e. The predicted octanol–water partition coefficient (Wildman–Crippen LogP) is 2.67. The standard InChI is InChI=1S/C10H4ClN3O2/c11-9-6-3-1-2-4-8(6)13-10(14(15)16)7(9)5-12/h1-4H. The number of benzene rings is 1. The first kappa shape index (κ1) is 10.3. The second-order valence-electron chi connectivity index (χ2n) is 3.01. The lowest BCUT2D eigenvalue weighted by atomic mass is 10.1. The van der Waals surface area contributed by atoms with E-state index in [1.807, 2.05) is 0 Å². The first-order valence-electron chi connectivity index (χ1n) is 4.28. The minimum atomic E-state index is -0.711. The fourth-order valence-corrected chi connectivity index (χ4v) is 1.68. The van der Waals surface area contributed by atoms with Crippen molar-refractivity contribution in [3.8, 4) is 6.07 Å². The molecule has 1 heterocycles. The highest BCUT2D eigenvalue weighted by Crippen LogP contribution is 2.30. The number of nitriles is 1. The van der Waals surface area contributed by atoms with Gasteiger partial charge in [0.2, 0.25) is 0 Å². The van der Waals surface area contributed by atoms with E-state index in [0.29, 0.717) is 10.9 Å². The highest BCUT2D eigenvalue weighted by Gasteiger charge is 2.22. The van der Waals surface area contributed by atoms with Crippen molar-refractivity contribution in [3.63, 3.8) is 0 Å². The molecule has 0 spiro atoms. The van der Waals surface area contributed by atoms with Gasteiger partial charge < -0.3 is 10.1 Å². The topological polar surface area (TPSA) is 79.8 Å². The number of hydrogen-bond acceptors (Lipinski definition) is 4. The Balaban J connectivity index is 2.94. The molecule has 0 aliphatic rings. The van der Waals surface area contributed by atoms with Gasteiger partial charge >= 0.3 is 5.82 Å². The van der Waals surface area contributed by atoms with Crippen molar-refractivity contribution in [1.82, 2.24) is 4.98 Å². The quantitative estimate of drug-likeness (QED) is 0.560. The SMILES string of the molecule is N#Cc1c([N+](=O)[O-])nc2ccccc2c1Cl. The molecule has 1 aromatic carbocycles. The molecule has 2 aromatic rings. The fourth-order valence-electron chi connectivity index (χ4n) is 1.39. The molecule has 0 saturated carbocycles. The first-order valence-corrected chi connectivity index (χ1v) is 4.65. The van der Waals surface area contributed by atoms with Crippen LogP contribution in [0, 0.1) is 21.4 Å². The number of rotatable bonds is 1. The number of para-hydroxylation sites is 1. The summed E-state index contributed by atoms with van der Waals surface area (Å²) >= 11 is 5.92. The van der Waals surface area contributed by atoms with Gasteiger partial charge in [-0.05, 0) is 22.0 Å². The number of halogens is 1. The monoisotopic (exact) mass is 233 g/mol. The maximum absolute atomic E-state index is 10.7. The zero-order chi connectivity index (χ0) is 11.7. The Morgan fingerprint density at radius 1 is 1.44 bits per heavy atom. The van der Waals surface area contributed by atoms with Crippen LogP contribution in [-0.4, -0.2) is 9.91 Å². The molecular weight excluding hydrogens is 230 g/mol. The van der Waals surface area contributed by atoms with Gasteiger partial charge in [-0.1, -0.05) is 23.7 Å². The van der Waals surface area contributed by atoms with Crippen LogP contribution in [0.15, 0.2) is 24.3 Å². The van der Waals surface area contributed by atoms with E-state index in [9.17, 15) is 10.1 Å². The van der Waals surface area contributed by atoms with Gasteiger partial charge in [-0.2, -0.15) is 5.26 Å². The summed E-state index contributed by atoms with van der Waals surface area (Å²) in [4.78, 5) is 13.8. The summed E-state index contributed by atoms with van der Waals surface area (Å²) in [6.45, 7) is 0. The lowest BCUT2D eigenvalue weighted by molar-refractivity contribution is -0.389. The van der Waals surface area contributed by atoms with E-state index in [1.165, 1.54) is 0 Å². The Morgan fingerprint density at radius 2 is 2.12 bits per heavy atom. The van der Waals surface area contributed by atoms with E-state index in [-0.39, 0.29) is 10.6 Å². The van der Waals surface area contributed by atoms with Crippen LogP contribution in [0.2, 0.25) is 5.02 Å². The van der Waals surface area contributed by atoms with E-state index in [4.69, 9.17) is 16.9 Å². The molecule has 0 saturated heterocycles. The molecule has 2 rings (SSSR count). The van der Waals surface area contributed by atoms with Gasteiger partial charge in [-0.3, -0.25) is 0 Å². The summed E-state index contributed by atoms with van der Waals surface area (Å²) < 4.78 is 0. The fraction of sp³-hybridized carbons (Fsp3) is 0. The van der Waals surface area contributed by atoms with Gasteiger partial charge in [0.15, 0.2) is 11.1 Å². The van der Waals surface area contributed by atoms with Crippen molar-refractivity contribution in [2.24, 2.45) is 0 Å². The van der Waals surface area contributed by atoms with Crippen LogP contribution in [0.25, 0.3) is 10.9 Å². The van der Waals surface area contributed by atoms with Crippen molar-refractivity contribution >= 4 is 28.3 Å². The highest BCUT2D eigenvalue weighted by molar-refractivity contribution is 6.36. The van der Waals surface area contributed by atoms with Crippen molar-refractivity contribution in [3.05, 3.63) is 45.0 Å². The summed E-state index contributed by atoms with van der Waals surface area (Å²) in [5.41, 5.74) is 0.198. The van der Waals surface area contributed by atoms with Crippen LogP contribution >= 0.6 is 11.6 Å². The molecule has 16 heavy (non-hydrogen) atoms. The zero-order valence-corrected chi connectivity index (χ0v) is 8.60. The van der Waals surface area contributed by atoms with Crippen LogP contribution in [0.1, 0.15) is 5.56 Å². The summed E-state index contributed by atoms with van der Waals surface area (Å²) in [5, 5.41) is 20.1. The van der Waals surface area contributed by atoms with Crippen molar-refractivity contribution in [2.75, 3.05) is 0 Å². The van der Waals surface area contributed by atoms with Gasteiger partial charge in [0, 0.05) is 5.39 Å². The van der Waals surface area contributed by atoms with Gasteiger partial charge in [0.05, 0.1) is 5.02 Å². The summed E-state index contributed by atoms with van der Waals surface area (Å²) in [6.07, 6.45) is 0. The zero-order valence-electron chi connectivity index (χ0n) is 7.85. The van der Waals surface area contributed by atoms with E-state index in [1.54, 1.807) is 30.3 Å². The maximum atomic E-state index is 10.7. The van der Waals surface area contributed by atoms with Crippen molar-refractivity contribution < 1.29 is 4.92 Å². The predicted molar refractivity (Wildman–Crippen MR) is 58.1 cm³/mol. The molecule has 0 unspecified atom stereocenters. The molecule has 0 fully saturated rings. The molecule has 0 aliphatic carbocycles. The molecule has 0 aliphatic heterocycles. The highest BCUT2D eigenvalue weighted by atomic mass is 35.5. The van der Waals surface area contributed by atoms with Crippen molar-refractivity contribution in [2.45, 2.75) is 0 Å². The van der Waals surface area contributed by atoms with Gasteiger partial charge in [0.25, 0.3) is 0 Å². The second kappa shape index (κ2) is 3.76. The molecule has 6 heteroatoms. The lowest BCUT2D eigenvalue weighted by Gasteiger charge is -2.00. The largest absolute Gasteiger partial charge is 0.383 e. The molecule has 78 valence electrons. The number of nitrogens with zero attached hydrogens (tertiary/aromatic N) is 3. The minimum absolute atomic E-state index is 0.0693. The Hall–Kier alpha value is -2.19. The Labute approximate surface area is 95.0 Å². The molecule has 0 radical (unpaired) electrons. The average Bonchev–Trinajstić information content (AvgIpc) is 2.29. The van der Waals surface area contributed by atoms with Crippen LogP contribution in [-0.2, 0) is 0 Å². The number of hydrogen-bond donors (Lipinski definition) is 0. The number of aromatic nitrogens is 1. The van der Waals surface area contributed by atoms with Crippen LogP contribution in [0.3, 0.4) is 0 Å². The maximum Gasteiger partial charge on any atom is 0.383 e. The van der Waals surface area contributed by atoms with Crippen LogP contribution in [0.4, 0.5) is 5.82 Å². The molecule has 0 amide bonds. The Kier molecular flexibility index (Phi) is 2.43. The van der Waals surface area contributed by atoms with E-state index < -0.39 is 10.7 Å². The van der Waals surface area contributed by atoms with Crippen molar-refractivity contribution in [1.29, 1.82) is 5.26 Å². The third-order valence-electron chi connectivity index (χ3n) is 2.09. The molecule has 5 nitrogen and oxygen atoms in total. The molecule has 0 atom stereocenters. The third-order valence-corrected chi connectivity index (χ3v) is 2.49. The third kappa shape index (κ3) is 1.45. The normalized spacial score (nSPS) is 10.0. The number of nitro groups is 1. The van der Waals surface area contributed by atoms with E-state index in [0.717, 1.165) is 0 Å². The Morgan fingerprint density at radius 3 is 2.75 bits per heavy atom. The lowest BCUT2D eigenvalue weighted by Crippen LogP contribution is -1.97.